The summed E-state index contributed by atoms with van der Waals surface area (Å²) >= 11 is 0. The fourth-order valence-electron chi connectivity index (χ4n) is 4.30. The molecule has 0 aliphatic heterocycles. The molecule has 0 radical (unpaired) electrons. The molecule has 1 aliphatic rings. The Morgan fingerprint density at radius 3 is 2.71 bits per heavy atom. The molecular formula is C24H29N3O. The zero-order valence-electron chi connectivity index (χ0n) is 17.0. The third-order valence-corrected chi connectivity index (χ3v) is 5.76. The van der Waals surface area contributed by atoms with E-state index in [1.54, 1.807) is 0 Å². The summed E-state index contributed by atoms with van der Waals surface area (Å²) in [7, 11) is 4.12. The highest BCUT2D eigenvalue weighted by Crippen LogP contribution is 2.33. The average molecular weight is 376 g/mol. The van der Waals surface area contributed by atoms with Crippen LogP contribution in [0.1, 0.15) is 46.1 Å². The summed E-state index contributed by atoms with van der Waals surface area (Å²) in [5.74, 6) is 0.689. The number of carbonyl (C=O) groups is 1. The average Bonchev–Trinajstić information content (AvgIpc) is 3.04. The number of nitrogens with one attached hydrogen (secondary N) is 2. The largest absolute Gasteiger partial charge is 0.358 e. The summed E-state index contributed by atoms with van der Waals surface area (Å²) in [5.41, 5.74) is 6.85. The molecule has 1 aliphatic carbocycles. The van der Waals surface area contributed by atoms with Gasteiger partial charge in [-0.3, -0.25) is 4.79 Å². The number of rotatable bonds is 5. The fourth-order valence-corrected chi connectivity index (χ4v) is 4.30. The molecule has 4 nitrogen and oxygen atoms in total. The van der Waals surface area contributed by atoms with Gasteiger partial charge in [0, 0.05) is 24.2 Å². The number of amides is 1. The van der Waals surface area contributed by atoms with Crippen molar-refractivity contribution in [3.63, 3.8) is 0 Å². The van der Waals surface area contributed by atoms with Crippen LogP contribution in [0.4, 0.5) is 0 Å². The molecule has 1 heterocycles. The summed E-state index contributed by atoms with van der Waals surface area (Å²) in [5, 5.41) is 4.34. The number of hydrogen-bond acceptors (Lipinski definition) is 2. The molecule has 1 amide bonds. The number of nitrogens with zero attached hydrogens (tertiary/aromatic N) is 1. The molecule has 3 aromatic rings. The van der Waals surface area contributed by atoms with Gasteiger partial charge in [-0.1, -0.05) is 43.3 Å². The van der Waals surface area contributed by atoms with Crippen molar-refractivity contribution in [1.82, 2.24) is 15.2 Å². The summed E-state index contributed by atoms with van der Waals surface area (Å²) in [6.07, 6.45) is 3.38. The Kier molecular flexibility index (Phi) is 5.23. The SMILES string of the molecule is CC1CCc2[nH]c3c(C(=O)NCc4ccccc4CN(C)C)cccc3c2C1. The number of para-hydroxylation sites is 1. The Morgan fingerprint density at radius 1 is 1.14 bits per heavy atom. The number of aromatic nitrogens is 1. The molecular weight excluding hydrogens is 346 g/mol. The van der Waals surface area contributed by atoms with Crippen LogP contribution in [0.5, 0.6) is 0 Å². The summed E-state index contributed by atoms with van der Waals surface area (Å²) in [4.78, 5) is 18.7. The van der Waals surface area contributed by atoms with Crippen LogP contribution in [-0.2, 0) is 25.9 Å². The third-order valence-electron chi connectivity index (χ3n) is 5.76. The van der Waals surface area contributed by atoms with Crippen molar-refractivity contribution in [1.29, 1.82) is 0 Å². The predicted molar refractivity (Wildman–Crippen MR) is 114 cm³/mol. The molecule has 28 heavy (non-hydrogen) atoms. The van der Waals surface area contributed by atoms with Crippen LogP contribution in [0.2, 0.25) is 0 Å². The van der Waals surface area contributed by atoms with Crippen molar-refractivity contribution in [3.05, 3.63) is 70.4 Å². The highest BCUT2D eigenvalue weighted by Gasteiger charge is 2.22. The van der Waals surface area contributed by atoms with E-state index >= 15 is 0 Å². The topological polar surface area (TPSA) is 48.1 Å². The van der Waals surface area contributed by atoms with Crippen molar-refractivity contribution in [3.8, 4) is 0 Å². The van der Waals surface area contributed by atoms with Gasteiger partial charge in [0.2, 0.25) is 0 Å². The van der Waals surface area contributed by atoms with Crippen molar-refractivity contribution in [2.45, 2.75) is 39.3 Å². The van der Waals surface area contributed by atoms with Crippen molar-refractivity contribution in [2.75, 3.05) is 14.1 Å². The molecule has 1 aromatic heterocycles. The lowest BCUT2D eigenvalue weighted by atomic mass is 9.87. The Bertz CT molecular complexity index is 1000. The minimum Gasteiger partial charge on any atom is -0.358 e. The van der Waals surface area contributed by atoms with Crippen molar-refractivity contribution in [2.24, 2.45) is 5.92 Å². The van der Waals surface area contributed by atoms with Gasteiger partial charge in [-0.05, 0) is 62.0 Å². The lowest BCUT2D eigenvalue weighted by Gasteiger charge is -2.17. The van der Waals surface area contributed by atoms with E-state index in [9.17, 15) is 4.79 Å². The molecule has 4 heteroatoms. The van der Waals surface area contributed by atoms with E-state index in [0.29, 0.717) is 12.5 Å². The van der Waals surface area contributed by atoms with E-state index < -0.39 is 0 Å². The first-order valence-corrected chi connectivity index (χ1v) is 10.1. The highest BCUT2D eigenvalue weighted by molar-refractivity contribution is 6.06. The number of aryl methyl sites for hydroxylation is 1. The fraction of sp³-hybridized carbons (Fsp3) is 0.375. The molecule has 0 saturated heterocycles. The zero-order chi connectivity index (χ0) is 19.7. The highest BCUT2D eigenvalue weighted by atomic mass is 16.1. The van der Waals surface area contributed by atoms with Gasteiger partial charge in [-0.15, -0.1) is 0 Å². The Hall–Kier alpha value is -2.59. The minimum atomic E-state index is -0.0168. The van der Waals surface area contributed by atoms with Crippen LogP contribution in [0, 0.1) is 5.92 Å². The van der Waals surface area contributed by atoms with Gasteiger partial charge in [0.15, 0.2) is 0 Å². The monoisotopic (exact) mass is 375 g/mol. The molecule has 0 saturated carbocycles. The van der Waals surface area contributed by atoms with Crippen LogP contribution in [0.25, 0.3) is 10.9 Å². The smallest absolute Gasteiger partial charge is 0.253 e. The van der Waals surface area contributed by atoms with Gasteiger partial charge >= 0.3 is 0 Å². The molecule has 1 unspecified atom stereocenters. The maximum absolute atomic E-state index is 13.0. The van der Waals surface area contributed by atoms with E-state index in [2.05, 4.69) is 60.5 Å². The standard InChI is InChI=1S/C24H29N3O/c1-16-11-12-22-21(13-16)19-9-6-10-20(23(19)26-22)24(28)25-14-17-7-4-5-8-18(17)15-27(2)3/h4-10,16,26H,11-15H2,1-3H3,(H,25,28). The maximum Gasteiger partial charge on any atom is 0.253 e. The van der Waals surface area contributed by atoms with Gasteiger partial charge in [-0.25, -0.2) is 0 Å². The molecule has 0 bridgehead atoms. The number of hydrogen-bond donors (Lipinski definition) is 2. The first-order valence-electron chi connectivity index (χ1n) is 10.1. The van der Waals surface area contributed by atoms with Crippen molar-refractivity contribution < 1.29 is 4.79 Å². The summed E-state index contributed by atoms with van der Waals surface area (Å²) < 4.78 is 0. The number of carbonyl (C=O) groups excluding carboxylic acids is 1. The number of H-pyrrole nitrogens is 1. The van der Waals surface area contributed by atoms with Crippen LogP contribution >= 0.6 is 0 Å². The minimum absolute atomic E-state index is 0.0168. The van der Waals surface area contributed by atoms with Gasteiger partial charge in [-0.2, -0.15) is 0 Å². The van der Waals surface area contributed by atoms with Crippen molar-refractivity contribution >= 4 is 16.8 Å². The Balaban J connectivity index is 1.57. The van der Waals surface area contributed by atoms with Crippen LogP contribution < -0.4 is 5.32 Å². The molecule has 1 atom stereocenters. The molecule has 0 fully saturated rings. The first-order chi connectivity index (χ1) is 13.5. The first kappa shape index (κ1) is 18.8. The van der Waals surface area contributed by atoms with E-state index in [-0.39, 0.29) is 5.91 Å². The number of aromatic amines is 1. The Labute approximate surface area is 166 Å². The number of fused-ring (bicyclic) bond motifs is 3. The summed E-state index contributed by atoms with van der Waals surface area (Å²) in [6, 6.07) is 14.4. The second-order valence-electron chi connectivity index (χ2n) is 8.35. The van der Waals surface area contributed by atoms with E-state index in [0.717, 1.165) is 36.0 Å². The lowest BCUT2D eigenvalue weighted by molar-refractivity contribution is 0.0952. The zero-order valence-corrected chi connectivity index (χ0v) is 17.0. The van der Waals surface area contributed by atoms with Gasteiger partial charge < -0.3 is 15.2 Å². The quantitative estimate of drug-likeness (QED) is 0.699. The van der Waals surface area contributed by atoms with Gasteiger partial charge in [0.25, 0.3) is 5.91 Å². The van der Waals surface area contributed by atoms with Gasteiger partial charge in [0.1, 0.15) is 0 Å². The van der Waals surface area contributed by atoms with Crippen LogP contribution in [-0.4, -0.2) is 29.9 Å². The molecule has 2 N–H and O–H groups in total. The normalized spacial score (nSPS) is 16.4. The van der Waals surface area contributed by atoms with E-state index in [1.165, 1.54) is 28.6 Å². The lowest BCUT2D eigenvalue weighted by Crippen LogP contribution is -2.24. The summed E-state index contributed by atoms with van der Waals surface area (Å²) in [6.45, 7) is 3.71. The molecule has 0 spiro atoms. The molecule has 4 rings (SSSR count). The van der Waals surface area contributed by atoms with E-state index in [4.69, 9.17) is 0 Å². The second-order valence-corrected chi connectivity index (χ2v) is 8.35. The predicted octanol–water partition coefficient (Wildman–Crippen LogP) is 4.28. The van der Waals surface area contributed by atoms with Crippen LogP contribution in [0.3, 0.4) is 0 Å². The second kappa shape index (κ2) is 7.80. The van der Waals surface area contributed by atoms with Crippen LogP contribution in [0.15, 0.2) is 42.5 Å². The van der Waals surface area contributed by atoms with Gasteiger partial charge in [0.05, 0.1) is 11.1 Å². The maximum atomic E-state index is 13.0. The Morgan fingerprint density at radius 2 is 1.93 bits per heavy atom. The third kappa shape index (κ3) is 3.69. The number of benzene rings is 2. The van der Waals surface area contributed by atoms with E-state index in [1.807, 2.05) is 18.2 Å². The molecule has 2 aromatic carbocycles. The molecule has 146 valence electrons.